The third kappa shape index (κ3) is 2.76. The number of aromatic nitrogens is 1. The van der Waals surface area contributed by atoms with Crippen molar-refractivity contribution in [2.75, 3.05) is 0 Å². The second kappa shape index (κ2) is 5.14. The summed E-state index contributed by atoms with van der Waals surface area (Å²) in [6.45, 7) is 3.56. The lowest BCUT2D eigenvalue weighted by Gasteiger charge is -2.15. The van der Waals surface area contributed by atoms with E-state index in [1.165, 1.54) is 0 Å². The van der Waals surface area contributed by atoms with Gasteiger partial charge >= 0.3 is 5.97 Å². The molecule has 0 bridgehead atoms. The molecule has 1 unspecified atom stereocenters. The van der Waals surface area contributed by atoms with Crippen LogP contribution in [0.4, 0.5) is 0 Å². The summed E-state index contributed by atoms with van der Waals surface area (Å²) in [5, 5.41) is 22.3. The molecule has 1 aromatic heterocycles. The zero-order valence-electron chi connectivity index (χ0n) is 10.8. The third-order valence-corrected chi connectivity index (χ3v) is 3.11. The fourth-order valence-corrected chi connectivity index (χ4v) is 2.26. The normalized spacial score (nSPS) is 12.3. The lowest BCUT2D eigenvalue weighted by Crippen LogP contribution is -2.09. The maximum Gasteiger partial charge on any atom is 0.304 e. The second-order valence-electron chi connectivity index (χ2n) is 4.48. The number of hydrogen-bond donors (Lipinski definition) is 2. The molecule has 100 valence electrons. The summed E-state index contributed by atoms with van der Waals surface area (Å²) in [7, 11) is 0. The van der Waals surface area contributed by atoms with E-state index in [-0.39, 0.29) is 18.1 Å². The molecule has 0 spiro atoms. The summed E-state index contributed by atoms with van der Waals surface area (Å²) in [5.74, 6) is -0.448. The molecular formula is C14H15NO4. The number of aryl methyl sites for hydroxylation is 2. The molecule has 5 nitrogen and oxygen atoms in total. The van der Waals surface area contributed by atoms with Crippen molar-refractivity contribution < 1.29 is 19.5 Å². The fraction of sp³-hybridized carbons (Fsp3) is 0.286. The number of carboxylic acids is 1. The minimum absolute atomic E-state index is 0.0479. The summed E-state index contributed by atoms with van der Waals surface area (Å²) < 4.78 is 5.11. The van der Waals surface area contributed by atoms with Crippen LogP contribution >= 0.6 is 0 Å². The molecule has 1 heterocycles. The number of aromatic hydroxyl groups is 1. The first-order valence-corrected chi connectivity index (χ1v) is 5.92. The molecule has 0 radical (unpaired) electrons. The van der Waals surface area contributed by atoms with Gasteiger partial charge in [-0.15, -0.1) is 0 Å². The molecule has 0 aliphatic rings. The van der Waals surface area contributed by atoms with Gasteiger partial charge in [0, 0.05) is 11.5 Å². The van der Waals surface area contributed by atoms with Gasteiger partial charge in [0.15, 0.2) is 0 Å². The van der Waals surface area contributed by atoms with Crippen LogP contribution in [0, 0.1) is 13.8 Å². The first-order valence-electron chi connectivity index (χ1n) is 5.92. The Labute approximate surface area is 110 Å². The highest BCUT2D eigenvalue weighted by Crippen LogP contribution is 2.33. The Balaban J connectivity index is 2.47. The summed E-state index contributed by atoms with van der Waals surface area (Å²) in [6.07, 6.45) is -0.0479. The van der Waals surface area contributed by atoms with Crippen molar-refractivity contribution in [1.29, 1.82) is 0 Å². The predicted octanol–water partition coefficient (Wildman–Crippen LogP) is 2.60. The minimum Gasteiger partial charge on any atom is -0.508 e. The number of rotatable bonds is 4. The van der Waals surface area contributed by atoms with Gasteiger partial charge in [-0.2, -0.15) is 0 Å². The first kappa shape index (κ1) is 13.1. The monoisotopic (exact) mass is 261 g/mol. The van der Waals surface area contributed by atoms with Crippen molar-refractivity contribution in [3.8, 4) is 5.75 Å². The molecule has 2 rings (SSSR count). The summed E-state index contributed by atoms with van der Waals surface area (Å²) in [5.41, 5.74) is 2.31. The molecule has 0 amide bonds. The van der Waals surface area contributed by atoms with Crippen LogP contribution in [0.1, 0.15) is 34.9 Å². The molecule has 1 atom stereocenters. The van der Waals surface area contributed by atoms with E-state index in [2.05, 4.69) is 5.16 Å². The number of nitrogens with zero attached hydrogens (tertiary/aromatic N) is 1. The van der Waals surface area contributed by atoms with Gasteiger partial charge in [-0.3, -0.25) is 4.79 Å². The largest absolute Gasteiger partial charge is 0.508 e. The van der Waals surface area contributed by atoms with E-state index in [0.29, 0.717) is 11.5 Å². The third-order valence-electron chi connectivity index (χ3n) is 3.11. The highest BCUT2D eigenvalue weighted by molar-refractivity contribution is 5.69. The van der Waals surface area contributed by atoms with E-state index in [1.54, 1.807) is 38.1 Å². The van der Waals surface area contributed by atoms with Gasteiger partial charge < -0.3 is 14.7 Å². The molecule has 0 saturated carbocycles. The highest BCUT2D eigenvalue weighted by atomic mass is 16.5. The fourth-order valence-electron chi connectivity index (χ4n) is 2.26. The average molecular weight is 261 g/mol. The number of benzene rings is 1. The van der Waals surface area contributed by atoms with Crippen LogP contribution in [0.25, 0.3) is 0 Å². The van der Waals surface area contributed by atoms with E-state index >= 15 is 0 Å². The van der Waals surface area contributed by atoms with E-state index in [4.69, 9.17) is 9.63 Å². The second-order valence-corrected chi connectivity index (χ2v) is 4.48. The van der Waals surface area contributed by atoms with Gasteiger partial charge in [-0.1, -0.05) is 17.3 Å². The van der Waals surface area contributed by atoms with E-state index < -0.39 is 5.97 Å². The number of carbonyl (C=O) groups is 1. The Morgan fingerprint density at radius 2 is 1.95 bits per heavy atom. The number of phenols is 1. The maximum atomic E-state index is 11.1. The summed E-state index contributed by atoms with van der Waals surface area (Å²) in [6, 6.07) is 6.52. The molecule has 1 aromatic carbocycles. The minimum atomic E-state index is -0.891. The Kier molecular flexibility index (Phi) is 3.55. The van der Waals surface area contributed by atoms with Crippen LogP contribution in [0.3, 0.4) is 0 Å². The molecule has 0 fully saturated rings. The van der Waals surface area contributed by atoms with Crippen molar-refractivity contribution in [2.24, 2.45) is 0 Å². The topological polar surface area (TPSA) is 83.6 Å². The van der Waals surface area contributed by atoms with Crippen LogP contribution in [-0.2, 0) is 4.79 Å². The average Bonchev–Trinajstić information content (AvgIpc) is 2.67. The van der Waals surface area contributed by atoms with E-state index in [9.17, 15) is 9.90 Å². The Morgan fingerprint density at radius 3 is 2.42 bits per heavy atom. The highest BCUT2D eigenvalue weighted by Gasteiger charge is 2.24. The van der Waals surface area contributed by atoms with Crippen LogP contribution in [0.5, 0.6) is 5.75 Å². The molecular weight excluding hydrogens is 246 g/mol. The first-order chi connectivity index (χ1) is 8.99. The Morgan fingerprint density at radius 1 is 1.32 bits per heavy atom. The van der Waals surface area contributed by atoms with Gasteiger partial charge in [0.1, 0.15) is 11.5 Å². The van der Waals surface area contributed by atoms with Crippen molar-refractivity contribution in [3.63, 3.8) is 0 Å². The molecule has 2 aromatic rings. The summed E-state index contributed by atoms with van der Waals surface area (Å²) >= 11 is 0. The van der Waals surface area contributed by atoms with E-state index in [1.807, 2.05) is 0 Å². The van der Waals surface area contributed by atoms with Crippen LogP contribution < -0.4 is 0 Å². The molecule has 0 aliphatic carbocycles. The van der Waals surface area contributed by atoms with Crippen molar-refractivity contribution in [2.45, 2.75) is 26.2 Å². The molecule has 5 heteroatoms. The van der Waals surface area contributed by atoms with Crippen LogP contribution in [-0.4, -0.2) is 21.3 Å². The maximum absolute atomic E-state index is 11.1. The van der Waals surface area contributed by atoms with Gasteiger partial charge in [0.05, 0.1) is 12.1 Å². The number of phenolic OH excluding ortho intramolecular Hbond substituents is 1. The molecule has 19 heavy (non-hydrogen) atoms. The van der Waals surface area contributed by atoms with Crippen molar-refractivity contribution in [3.05, 3.63) is 46.8 Å². The van der Waals surface area contributed by atoms with Gasteiger partial charge in [0.25, 0.3) is 0 Å². The molecule has 0 aliphatic heterocycles. The lowest BCUT2D eigenvalue weighted by molar-refractivity contribution is -0.137. The SMILES string of the molecule is Cc1noc(C)c1C(CC(=O)O)c1ccc(O)cc1. The van der Waals surface area contributed by atoms with Crippen molar-refractivity contribution >= 4 is 5.97 Å². The lowest BCUT2D eigenvalue weighted by atomic mass is 9.87. The van der Waals surface area contributed by atoms with Gasteiger partial charge in [0.2, 0.25) is 0 Å². The standard InChI is InChI=1S/C14H15NO4/c1-8-14(9(2)19-15-8)12(7-13(17)18)10-3-5-11(16)6-4-10/h3-6,12,16H,7H2,1-2H3,(H,17,18). The number of hydrogen-bond acceptors (Lipinski definition) is 4. The van der Waals surface area contributed by atoms with Crippen LogP contribution in [0.2, 0.25) is 0 Å². The van der Waals surface area contributed by atoms with Gasteiger partial charge in [-0.05, 0) is 31.5 Å². The predicted molar refractivity (Wildman–Crippen MR) is 68.2 cm³/mol. The summed E-state index contributed by atoms with van der Waals surface area (Å²) in [4.78, 5) is 11.1. The Hall–Kier alpha value is -2.30. The molecule has 2 N–H and O–H groups in total. The van der Waals surface area contributed by atoms with Crippen molar-refractivity contribution in [1.82, 2.24) is 5.16 Å². The quantitative estimate of drug-likeness (QED) is 0.883. The zero-order valence-corrected chi connectivity index (χ0v) is 10.8. The van der Waals surface area contributed by atoms with Gasteiger partial charge in [-0.25, -0.2) is 0 Å². The van der Waals surface area contributed by atoms with E-state index in [0.717, 1.165) is 11.1 Å². The number of aliphatic carboxylic acids is 1. The number of carboxylic acid groups (broad SMARTS) is 1. The zero-order chi connectivity index (χ0) is 14.0. The molecule has 0 saturated heterocycles. The smallest absolute Gasteiger partial charge is 0.304 e. The van der Waals surface area contributed by atoms with Crippen LogP contribution in [0.15, 0.2) is 28.8 Å². The Bertz CT molecular complexity index is 566.